The molecule has 0 unspecified atom stereocenters. The van der Waals surface area contributed by atoms with Crippen molar-refractivity contribution in [1.82, 2.24) is 9.80 Å². The number of carbonyl (C=O) groups is 2. The van der Waals surface area contributed by atoms with Gasteiger partial charge in [-0.2, -0.15) is 0 Å². The van der Waals surface area contributed by atoms with E-state index in [0.717, 1.165) is 32.0 Å². The fourth-order valence-electron chi connectivity index (χ4n) is 2.51. The Morgan fingerprint density at radius 3 is 2.39 bits per heavy atom. The zero-order valence-corrected chi connectivity index (χ0v) is 12.9. The summed E-state index contributed by atoms with van der Waals surface area (Å²) in [5.74, 6) is -6.53. The molecule has 1 N–H and O–H groups in total. The Balaban J connectivity index is 2.03. The lowest BCUT2D eigenvalue weighted by Gasteiger charge is -2.34. The second-order valence-corrected chi connectivity index (χ2v) is 5.63. The van der Waals surface area contributed by atoms with Crippen molar-refractivity contribution in [2.75, 3.05) is 32.5 Å². The van der Waals surface area contributed by atoms with Crippen molar-refractivity contribution in [2.45, 2.75) is 18.9 Å². The molecule has 0 aromatic heterocycles. The molecule has 2 amide bonds. The standard InChI is InChI=1S/C15H18F3N3O2/c1-20-7-5-9(6-8-20)21(2)15(23)14(22)19-11-4-3-10(16)12(17)13(11)18/h3-4,9H,5-8H2,1-2H3,(H,19,22). The summed E-state index contributed by atoms with van der Waals surface area (Å²) in [5.41, 5.74) is -0.570. The molecule has 1 aromatic rings. The Hall–Kier alpha value is -2.09. The number of carbonyl (C=O) groups excluding carboxylic acids is 2. The monoisotopic (exact) mass is 329 g/mol. The number of anilines is 1. The fraction of sp³-hybridized carbons (Fsp3) is 0.467. The molecule has 0 aliphatic carbocycles. The van der Waals surface area contributed by atoms with Gasteiger partial charge in [0.1, 0.15) is 0 Å². The van der Waals surface area contributed by atoms with Gasteiger partial charge >= 0.3 is 11.8 Å². The quantitative estimate of drug-likeness (QED) is 0.662. The van der Waals surface area contributed by atoms with E-state index in [2.05, 4.69) is 4.90 Å². The van der Waals surface area contributed by atoms with Crippen LogP contribution in [0.25, 0.3) is 0 Å². The lowest BCUT2D eigenvalue weighted by atomic mass is 10.0. The van der Waals surface area contributed by atoms with Gasteiger partial charge in [0.05, 0.1) is 5.69 Å². The van der Waals surface area contributed by atoms with Crippen LogP contribution in [0, 0.1) is 17.5 Å². The molecule has 1 aliphatic heterocycles. The second kappa shape index (κ2) is 6.99. The third-order valence-corrected chi connectivity index (χ3v) is 4.03. The molecule has 1 aromatic carbocycles. The predicted octanol–water partition coefficient (Wildman–Crippen LogP) is 1.59. The molecule has 1 aliphatic rings. The average Bonchev–Trinajstić information content (AvgIpc) is 2.54. The van der Waals surface area contributed by atoms with Gasteiger partial charge in [-0.25, -0.2) is 13.2 Å². The van der Waals surface area contributed by atoms with E-state index in [0.29, 0.717) is 6.07 Å². The average molecular weight is 329 g/mol. The largest absolute Gasteiger partial charge is 0.334 e. The maximum absolute atomic E-state index is 13.5. The number of nitrogens with zero attached hydrogens (tertiary/aromatic N) is 2. The summed E-state index contributed by atoms with van der Waals surface area (Å²) < 4.78 is 39.5. The third kappa shape index (κ3) is 3.82. The number of piperidine rings is 1. The molecule has 5 nitrogen and oxygen atoms in total. The van der Waals surface area contributed by atoms with Crippen LogP contribution in [0.15, 0.2) is 12.1 Å². The Kier molecular flexibility index (Phi) is 5.25. The fourth-order valence-corrected chi connectivity index (χ4v) is 2.51. The van der Waals surface area contributed by atoms with Crippen LogP contribution in [-0.4, -0.2) is 54.8 Å². The zero-order valence-electron chi connectivity index (χ0n) is 12.9. The highest BCUT2D eigenvalue weighted by Gasteiger charge is 2.28. The molecular weight excluding hydrogens is 311 g/mol. The number of hydrogen-bond acceptors (Lipinski definition) is 3. The van der Waals surface area contributed by atoms with Crippen LogP contribution in [-0.2, 0) is 9.59 Å². The van der Waals surface area contributed by atoms with Gasteiger partial charge in [0.25, 0.3) is 0 Å². The highest BCUT2D eigenvalue weighted by atomic mass is 19.2. The first kappa shape index (κ1) is 17.3. The number of amides is 2. The van der Waals surface area contributed by atoms with Gasteiger partial charge in [0.15, 0.2) is 17.5 Å². The summed E-state index contributed by atoms with van der Waals surface area (Å²) in [6.07, 6.45) is 1.46. The minimum absolute atomic E-state index is 0.0840. The Bertz CT molecular complexity index is 616. The van der Waals surface area contributed by atoms with Crippen LogP contribution < -0.4 is 5.32 Å². The van der Waals surface area contributed by atoms with Crippen LogP contribution in [0.4, 0.5) is 18.9 Å². The zero-order chi connectivity index (χ0) is 17.1. The molecule has 8 heteroatoms. The highest BCUT2D eigenvalue weighted by molar-refractivity contribution is 6.39. The van der Waals surface area contributed by atoms with E-state index in [9.17, 15) is 22.8 Å². The van der Waals surface area contributed by atoms with Gasteiger partial charge in [-0.3, -0.25) is 9.59 Å². The minimum Gasteiger partial charge on any atom is -0.334 e. The summed E-state index contributed by atoms with van der Waals surface area (Å²) >= 11 is 0. The number of benzene rings is 1. The SMILES string of the molecule is CN1CCC(N(C)C(=O)C(=O)Nc2ccc(F)c(F)c2F)CC1. The molecule has 23 heavy (non-hydrogen) atoms. The smallest absolute Gasteiger partial charge is 0.313 e. The van der Waals surface area contributed by atoms with Crippen molar-refractivity contribution in [2.24, 2.45) is 0 Å². The number of likely N-dealkylation sites (tertiary alicyclic amines) is 1. The number of likely N-dealkylation sites (N-methyl/N-ethyl adjacent to an activating group) is 1. The number of rotatable bonds is 2. The van der Waals surface area contributed by atoms with Gasteiger partial charge in [-0.05, 0) is 45.1 Å². The number of nitrogens with one attached hydrogen (secondary N) is 1. The molecule has 0 bridgehead atoms. The molecule has 1 fully saturated rings. The van der Waals surface area contributed by atoms with E-state index >= 15 is 0 Å². The van der Waals surface area contributed by atoms with Crippen molar-refractivity contribution in [3.8, 4) is 0 Å². The van der Waals surface area contributed by atoms with Crippen molar-refractivity contribution in [1.29, 1.82) is 0 Å². The van der Waals surface area contributed by atoms with Crippen LogP contribution in [0.2, 0.25) is 0 Å². The normalized spacial score (nSPS) is 16.2. The van der Waals surface area contributed by atoms with Crippen LogP contribution in [0.1, 0.15) is 12.8 Å². The maximum atomic E-state index is 13.5. The topological polar surface area (TPSA) is 52.7 Å². The van der Waals surface area contributed by atoms with Crippen molar-refractivity contribution >= 4 is 17.5 Å². The van der Waals surface area contributed by atoms with Gasteiger partial charge in [0.2, 0.25) is 0 Å². The summed E-state index contributed by atoms with van der Waals surface area (Å²) in [6.45, 7) is 1.61. The molecule has 2 rings (SSSR count). The number of halogens is 3. The van der Waals surface area contributed by atoms with Crippen molar-refractivity contribution in [3.63, 3.8) is 0 Å². The summed E-state index contributed by atoms with van der Waals surface area (Å²) in [4.78, 5) is 27.4. The first-order valence-corrected chi connectivity index (χ1v) is 7.21. The van der Waals surface area contributed by atoms with E-state index in [-0.39, 0.29) is 6.04 Å². The summed E-state index contributed by atoms with van der Waals surface area (Å²) in [7, 11) is 3.47. The molecule has 0 radical (unpaired) electrons. The first-order chi connectivity index (χ1) is 10.8. The van der Waals surface area contributed by atoms with E-state index in [4.69, 9.17) is 0 Å². The molecule has 1 saturated heterocycles. The molecule has 0 spiro atoms. The van der Waals surface area contributed by atoms with Crippen LogP contribution >= 0.6 is 0 Å². The second-order valence-electron chi connectivity index (χ2n) is 5.63. The summed E-state index contributed by atoms with van der Waals surface area (Å²) in [6, 6.07) is 1.47. The third-order valence-electron chi connectivity index (χ3n) is 4.03. The Labute approximate surface area is 132 Å². The Morgan fingerprint density at radius 2 is 1.78 bits per heavy atom. The molecule has 0 atom stereocenters. The molecule has 126 valence electrons. The van der Waals surface area contributed by atoms with Gasteiger partial charge in [-0.1, -0.05) is 0 Å². The molecule has 1 heterocycles. The molecular formula is C15H18F3N3O2. The van der Waals surface area contributed by atoms with Crippen molar-refractivity contribution in [3.05, 3.63) is 29.6 Å². The van der Waals surface area contributed by atoms with Crippen LogP contribution in [0.5, 0.6) is 0 Å². The van der Waals surface area contributed by atoms with E-state index in [1.807, 2.05) is 12.4 Å². The van der Waals surface area contributed by atoms with Gasteiger partial charge in [-0.15, -0.1) is 0 Å². The Morgan fingerprint density at radius 1 is 1.17 bits per heavy atom. The van der Waals surface area contributed by atoms with Gasteiger partial charge < -0.3 is 15.1 Å². The maximum Gasteiger partial charge on any atom is 0.313 e. The lowest BCUT2D eigenvalue weighted by Crippen LogP contribution is -2.48. The van der Waals surface area contributed by atoms with E-state index in [1.165, 1.54) is 11.9 Å². The number of hydrogen-bond donors (Lipinski definition) is 1. The first-order valence-electron chi connectivity index (χ1n) is 7.21. The molecule has 0 saturated carbocycles. The lowest BCUT2D eigenvalue weighted by molar-refractivity contribution is -0.144. The van der Waals surface area contributed by atoms with E-state index in [1.54, 1.807) is 0 Å². The van der Waals surface area contributed by atoms with Crippen LogP contribution in [0.3, 0.4) is 0 Å². The van der Waals surface area contributed by atoms with E-state index < -0.39 is 35.0 Å². The minimum atomic E-state index is -1.70. The highest BCUT2D eigenvalue weighted by Crippen LogP contribution is 2.20. The van der Waals surface area contributed by atoms with Crippen molar-refractivity contribution < 1.29 is 22.8 Å². The predicted molar refractivity (Wildman–Crippen MR) is 78.2 cm³/mol. The summed E-state index contributed by atoms with van der Waals surface area (Å²) in [5, 5.41) is 1.98. The van der Waals surface area contributed by atoms with Gasteiger partial charge in [0, 0.05) is 13.1 Å².